The van der Waals surface area contributed by atoms with Gasteiger partial charge >= 0.3 is 11.9 Å². The number of benzene rings is 1. The molecule has 1 heterocycles. The van der Waals surface area contributed by atoms with E-state index >= 15 is 0 Å². The number of ether oxygens (including phenoxy) is 2. The van der Waals surface area contributed by atoms with Gasteiger partial charge in [0.2, 0.25) is 0 Å². The zero-order valence-electron chi connectivity index (χ0n) is 17.8. The minimum Gasteiger partial charge on any atom is -0.461 e. The van der Waals surface area contributed by atoms with Crippen LogP contribution >= 0.6 is 0 Å². The summed E-state index contributed by atoms with van der Waals surface area (Å²) < 4.78 is 10.1. The Kier molecular flexibility index (Phi) is 7.20. The lowest BCUT2D eigenvalue weighted by Crippen LogP contribution is -2.31. The normalized spacial score (nSPS) is 11.7. The van der Waals surface area contributed by atoms with E-state index in [-0.39, 0.29) is 23.9 Å². The van der Waals surface area contributed by atoms with Crippen LogP contribution in [0.15, 0.2) is 18.2 Å². The summed E-state index contributed by atoms with van der Waals surface area (Å²) in [5.41, 5.74) is 4.68. The third-order valence-corrected chi connectivity index (χ3v) is 4.86. The van der Waals surface area contributed by atoms with Crippen LogP contribution in [0.1, 0.15) is 68.7 Å². The Hall–Kier alpha value is -3.09. The molecule has 0 radical (unpaired) electrons. The van der Waals surface area contributed by atoms with Crippen molar-refractivity contribution < 1.29 is 23.9 Å². The van der Waals surface area contributed by atoms with Crippen molar-refractivity contribution in [3.8, 4) is 0 Å². The highest BCUT2D eigenvalue weighted by molar-refractivity contribution is 5.99. The Morgan fingerprint density at radius 1 is 1.03 bits per heavy atom. The minimum absolute atomic E-state index is 0.212. The molecule has 1 amide bonds. The highest BCUT2D eigenvalue weighted by atomic mass is 16.5. The number of H-pyrrole nitrogens is 1. The SMILES string of the molecule is CCOC(=O)c1[nH]c(C)c(C(=O)OCC(=O)N[C@@H](C)c2ccc(C)c(C)c2)c1C. The highest BCUT2D eigenvalue weighted by Gasteiger charge is 2.24. The van der Waals surface area contributed by atoms with Gasteiger partial charge in [0.25, 0.3) is 5.91 Å². The molecular formula is C22H28N2O5. The van der Waals surface area contributed by atoms with Gasteiger partial charge in [0.15, 0.2) is 6.61 Å². The molecule has 2 N–H and O–H groups in total. The van der Waals surface area contributed by atoms with Crippen LogP contribution in [0.3, 0.4) is 0 Å². The summed E-state index contributed by atoms with van der Waals surface area (Å²) in [7, 11) is 0. The first-order valence-electron chi connectivity index (χ1n) is 9.55. The average molecular weight is 400 g/mol. The van der Waals surface area contributed by atoms with Gasteiger partial charge in [-0.1, -0.05) is 18.2 Å². The van der Waals surface area contributed by atoms with Gasteiger partial charge in [-0.25, -0.2) is 9.59 Å². The fourth-order valence-corrected chi connectivity index (χ4v) is 3.07. The second-order valence-electron chi connectivity index (χ2n) is 7.05. The molecule has 1 aromatic carbocycles. The highest BCUT2D eigenvalue weighted by Crippen LogP contribution is 2.20. The van der Waals surface area contributed by atoms with E-state index in [4.69, 9.17) is 9.47 Å². The van der Waals surface area contributed by atoms with Crippen molar-refractivity contribution in [3.63, 3.8) is 0 Å². The number of esters is 2. The molecule has 156 valence electrons. The molecule has 2 aromatic rings. The number of aryl methyl sites for hydroxylation is 3. The summed E-state index contributed by atoms with van der Waals surface area (Å²) in [4.78, 5) is 39.5. The molecule has 0 bridgehead atoms. The van der Waals surface area contributed by atoms with Crippen molar-refractivity contribution in [2.75, 3.05) is 13.2 Å². The molecule has 7 nitrogen and oxygen atoms in total. The number of hydrogen-bond donors (Lipinski definition) is 2. The van der Waals surface area contributed by atoms with E-state index in [1.807, 2.05) is 39.0 Å². The monoisotopic (exact) mass is 400 g/mol. The van der Waals surface area contributed by atoms with E-state index < -0.39 is 24.5 Å². The van der Waals surface area contributed by atoms with Crippen molar-refractivity contribution in [1.29, 1.82) is 0 Å². The minimum atomic E-state index is -0.666. The first-order chi connectivity index (χ1) is 13.6. The number of carbonyl (C=O) groups excluding carboxylic acids is 3. The molecule has 0 aliphatic rings. The summed E-state index contributed by atoms with van der Waals surface area (Å²) in [5.74, 6) is -1.60. The van der Waals surface area contributed by atoms with E-state index in [1.54, 1.807) is 20.8 Å². The van der Waals surface area contributed by atoms with Crippen LogP contribution in [0.5, 0.6) is 0 Å². The van der Waals surface area contributed by atoms with E-state index in [0.29, 0.717) is 11.3 Å². The number of carbonyl (C=O) groups is 3. The summed E-state index contributed by atoms with van der Waals surface area (Å²) in [6, 6.07) is 5.77. The summed E-state index contributed by atoms with van der Waals surface area (Å²) in [6.45, 7) is 10.7. The van der Waals surface area contributed by atoms with Crippen LogP contribution < -0.4 is 5.32 Å². The summed E-state index contributed by atoms with van der Waals surface area (Å²) in [6.07, 6.45) is 0. The number of aromatic amines is 1. The van der Waals surface area contributed by atoms with Crippen LogP contribution in [0.4, 0.5) is 0 Å². The second kappa shape index (κ2) is 9.41. The quantitative estimate of drug-likeness (QED) is 0.694. The van der Waals surface area contributed by atoms with Crippen LogP contribution in [-0.2, 0) is 14.3 Å². The molecule has 0 spiro atoms. The number of rotatable bonds is 7. The molecule has 0 saturated carbocycles. The summed E-state index contributed by atoms with van der Waals surface area (Å²) >= 11 is 0. The summed E-state index contributed by atoms with van der Waals surface area (Å²) in [5, 5.41) is 2.82. The Morgan fingerprint density at radius 2 is 1.72 bits per heavy atom. The van der Waals surface area contributed by atoms with E-state index in [9.17, 15) is 14.4 Å². The smallest absolute Gasteiger partial charge is 0.355 e. The second-order valence-corrected chi connectivity index (χ2v) is 7.05. The number of amides is 1. The molecule has 7 heteroatoms. The third kappa shape index (κ3) is 5.25. The average Bonchev–Trinajstić information content (AvgIpc) is 2.96. The lowest BCUT2D eigenvalue weighted by Gasteiger charge is -2.16. The lowest BCUT2D eigenvalue weighted by atomic mass is 10.0. The Balaban J connectivity index is 1.99. The molecular weight excluding hydrogens is 372 g/mol. The van der Waals surface area contributed by atoms with Gasteiger partial charge in [-0.2, -0.15) is 0 Å². The van der Waals surface area contributed by atoms with E-state index in [1.165, 1.54) is 5.56 Å². The van der Waals surface area contributed by atoms with Gasteiger partial charge in [0.1, 0.15) is 5.69 Å². The largest absolute Gasteiger partial charge is 0.461 e. The standard InChI is InChI=1S/C22H28N2O5/c1-7-28-22(27)20-14(4)19(16(6)24-20)21(26)29-11-18(25)23-15(5)17-9-8-12(2)13(3)10-17/h8-10,15,24H,7,11H2,1-6H3,(H,23,25)/t15-/m0/s1. The number of aromatic nitrogens is 1. The Morgan fingerprint density at radius 3 is 2.34 bits per heavy atom. The topological polar surface area (TPSA) is 97.5 Å². The van der Waals surface area contributed by atoms with Gasteiger partial charge in [0.05, 0.1) is 18.2 Å². The van der Waals surface area contributed by atoms with Crippen LogP contribution in [-0.4, -0.2) is 36.0 Å². The first kappa shape index (κ1) is 22.2. The molecule has 0 fully saturated rings. The lowest BCUT2D eigenvalue weighted by molar-refractivity contribution is -0.124. The predicted octanol–water partition coefficient (Wildman–Crippen LogP) is 3.46. The van der Waals surface area contributed by atoms with Gasteiger partial charge in [-0.05, 0) is 63.8 Å². The number of nitrogens with one attached hydrogen (secondary N) is 2. The molecule has 0 saturated heterocycles. The van der Waals surface area contributed by atoms with E-state index in [2.05, 4.69) is 10.3 Å². The molecule has 1 atom stereocenters. The van der Waals surface area contributed by atoms with E-state index in [0.717, 1.165) is 11.1 Å². The van der Waals surface area contributed by atoms with Crippen molar-refractivity contribution >= 4 is 17.8 Å². The molecule has 0 unspecified atom stereocenters. The zero-order valence-corrected chi connectivity index (χ0v) is 17.8. The molecule has 0 aliphatic heterocycles. The van der Waals surface area contributed by atoms with Gasteiger partial charge in [-0.3, -0.25) is 4.79 Å². The maximum absolute atomic E-state index is 12.4. The fourth-order valence-electron chi connectivity index (χ4n) is 3.07. The van der Waals surface area contributed by atoms with Gasteiger partial charge in [-0.15, -0.1) is 0 Å². The first-order valence-corrected chi connectivity index (χ1v) is 9.55. The Labute approximate surface area is 170 Å². The van der Waals surface area contributed by atoms with Crippen LogP contribution in [0.25, 0.3) is 0 Å². The zero-order chi connectivity index (χ0) is 21.7. The van der Waals surface area contributed by atoms with Gasteiger partial charge in [0, 0.05) is 5.69 Å². The molecule has 29 heavy (non-hydrogen) atoms. The van der Waals surface area contributed by atoms with Crippen molar-refractivity contribution in [2.24, 2.45) is 0 Å². The maximum Gasteiger partial charge on any atom is 0.355 e. The van der Waals surface area contributed by atoms with Gasteiger partial charge < -0.3 is 19.8 Å². The predicted molar refractivity (Wildman–Crippen MR) is 109 cm³/mol. The van der Waals surface area contributed by atoms with Crippen molar-refractivity contribution in [3.05, 3.63) is 57.4 Å². The number of hydrogen-bond acceptors (Lipinski definition) is 5. The third-order valence-electron chi connectivity index (χ3n) is 4.86. The van der Waals surface area contributed by atoms with Crippen LogP contribution in [0, 0.1) is 27.7 Å². The fraction of sp³-hybridized carbons (Fsp3) is 0.409. The van der Waals surface area contributed by atoms with Crippen LogP contribution in [0.2, 0.25) is 0 Å². The molecule has 1 aromatic heterocycles. The maximum atomic E-state index is 12.4. The molecule has 2 rings (SSSR count). The molecule has 0 aliphatic carbocycles. The van der Waals surface area contributed by atoms with Crippen molar-refractivity contribution in [1.82, 2.24) is 10.3 Å². The Bertz CT molecular complexity index is 930. The van der Waals surface area contributed by atoms with Crippen molar-refractivity contribution in [2.45, 2.75) is 47.6 Å².